The van der Waals surface area contributed by atoms with Crippen molar-refractivity contribution in [3.05, 3.63) is 0 Å². The quantitative estimate of drug-likeness (QED) is 0.784. The van der Waals surface area contributed by atoms with Crippen LogP contribution >= 0.6 is 0 Å². The second-order valence-electron chi connectivity index (χ2n) is 6.15. The molecule has 2 aliphatic heterocycles. The number of piperidine rings is 2. The summed E-state index contributed by atoms with van der Waals surface area (Å²) in [4.78, 5) is 5.03. The van der Waals surface area contributed by atoms with Gasteiger partial charge in [-0.05, 0) is 51.7 Å². The Morgan fingerprint density at radius 2 is 1.58 bits per heavy atom. The molecule has 3 heteroatoms. The minimum atomic E-state index is 0.132. The van der Waals surface area contributed by atoms with E-state index in [9.17, 15) is 0 Å². The highest BCUT2D eigenvalue weighted by Crippen LogP contribution is 2.28. The molecule has 0 aromatic heterocycles. The smallest absolute Gasteiger partial charge is 0.0829 e. The van der Waals surface area contributed by atoms with E-state index in [2.05, 4.69) is 23.8 Å². The summed E-state index contributed by atoms with van der Waals surface area (Å²) >= 11 is 0. The van der Waals surface area contributed by atoms with Gasteiger partial charge in [-0.3, -0.25) is 0 Å². The van der Waals surface area contributed by atoms with Crippen molar-refractivity contribution < 1.29 is 4.74 Å². The van der Waals surface area contributed by atoms with Crippen molar-refractivity contribution in [2.45, 2.75) is 52.1 Å². The molecule has 2 aliphatic rings. The number of likely N-dealkylation sites (tertiary alicyclic amines) is 2. The van der Waals surface area contributed by atoms with Crippen molar-refractivity contribution in [3.63, 3.8) is 0 Å². The average Bonchev–Trinajstić information content (AvgIpc) is 2.46. The normalized spacial score (nSPS) is 25.7. The first kappa shape index (κ1) is 16.9. The van der Waals surface area contributed by atoms with Gasteiger partial charge in [-0.15, -0.1) is 0 Å². The maximum atomic E-state index is 5.89. The zero-order chi connectivity index (χ0) is 14.3. The molecule has 2 rings (SSSR count). The molecule has 0 spiro atoms. The van der Waals surface area contributed by atoms with Gasteiger partial charge in [0.05, 0.1) is 5.60 Å². The molecule has 0 saturated carbocycles. The van der Waals surface area contributed by atoms with Crippen LogP contribution in [0.15, 0.2) is 0 Å². The highest BCUT2D eigenvalue weighted by Gasteiger charge is 2.35. The van der Waals surface area contributed by atoms with Crippen LogP contribution in [0, 0.1) is 5.92 Å². The monoisotopic (exact) mass is 270 g/mol. The van der Waals surface area contributed by atoms with Crippen LogP contribution in [0.5, 0.6) is 0 Å². The second-order valence-corrected chi connectivity index (χ2v) is 6.15. The molecule has 0 aromatic rings. The Hall–Kier alpha value is -0.120. The summed E-state index contributed by atoms with van der Waals surface area (Å²) in [6, 6.07) is 0. The van der Waals surface area contributed by atoms with Crippen LogP contribution in [0.25, 0.3) is 0 Å². The number of ether oxygens (including phenoxy) is 1. The zero-order valence-corrected chi connectivity index (χ0v) is 13.7. The maximum absolute atomic E-state index is 5.89. The molecule has 0 unspecified atom stereocenters. The van der Waals surface area contributed by atoms with Gasteiger partial charge in [0.15, 0.2) is 0 Å². The molecule has 2 saturated heterocycles. The first-order chi connectivity index (χ1) is 9.13. The molecule has 0 amide bonds. The van der Waals surface area contributed by atoms with E-state index in [0.29, 0.717) is 0 Å². The van der Waals surface area contributed by atoms with Gasteiger partial charge in [0, 0.05) is 26.7 Å². The summed E-state index contributed by atoms with van der Waals surface area (Å²) in [5.74, 6) is 0.919. The van der Waals surface area contributed by atoms with Crippen LogP contribution < -0.4 is 0 Å². The summed E-state index contributed by atoms with van der Waals surface area (Å²) in [5.41, 5.74) is 0.132. The van der Waals surface area contributed by atoms with Crippen LogP contribution in [-0.2, 0) is 4.74 Å². The Labute approximate surface area is 120 Å². The second kappa shape index (κ2) is 8.23. The molecule has 114 valence electrons. The van der Waals surface area contributed by atoms with Gasteiger partial charge in [-0.1, -0.05) is 20.8 Å². The van der Waals surface area contributed by atoms with E-state index in [-0.39, 0.29) is 5.60 Å². The summed E-state index contributed by atoms with van der Waals surface area (Å²) < 4.78 is 5.89. The topological polar surface area (TPSA) is 15.7 Å². The standard InChI is InChI=1S/C14H28N2O.C2H6/c1-13-4-8-16(9-5-13)12-14(17-3)6-10-15(2)11-7-14;1-2/h13H,4-12H2,1-3H3;1-2H3. The average molecular weight is 270 g/mol. The van der Waals surface area contributed by atoms with Crippen LogP contribution in [0.2, 0.25) is 0 Å². The molecule has 0 aliphatic carbocycles. The molecule has 3 nitrogen and oxygen atoms in total. The Bertz CT molecular complexity index is 229. The molecule has 0 atom stereocenters. The number of methoxy groups -OCH3 is 1. The number of hydrogen-bond donors (Lipinski definition) is 0. The lowest BCUT2D eigenvalue weighted by Crippen LogP contribution is -2.52. The van der Waals surface area contributed by atoms with Crippen LogP contribution in [-0.4, -0.2) is 62.3 Å². The summed E-state index contributed by atoms with van der Waals surface area (Å²) in [6.07, 6.45) is 5.09. The van der Waals surface area contributed by atoms with Gasteiger partial charge in [0.25, 0.3) is 0 Å². The van der Waals surface area contributed by atoms with E-state index in [0.717, 1.165) is 12.5 Å². The summed E-state index contributed by atoms with van der Waals surface area (Å²) in [7, 11) is 4.11. The van der Waals surface area contributed by atoms with E-state index < -0.39 is 0 Å². The molecule has 2 heterocycles. The first-order valence-electron chi connectivity index (χ1n) is 8.10. The number of nitrogens with zero attached hydrogens (tertiary/aromatic N) is 2. The van der Waals surface area contributed by atoms with Crippen molar-refractivity contribution in [1.82, 2.24) is 9.80 Å². The maximum Gasteiger partial charge on any atom is 0.0829 e. The molecule has 19 heavy (non-hydrogen) atoms. The Morgan fingerprint density at radius 3 is 2.05 bits per heavy atom. The van der Waals surface area contributed by atoms with Gasteiger partial charge in [-0.2, -0.15) is 0 Å². The third-order valence-corrected chi connectivity index (χ3v) is 4.72. The fraction of sp³-hybridized carbons (Fsp3) is 1.00. The molecule has 0 radical (unpaired) electrons. The van der Waals surface area contributed by atoms with Crippen LogP contribution in [0.3, 0.4) is 0 Å². The highest BCUT2D eigenvalue weighted by atomic mass is 16.5. The molecule has 2 fully saturated rings. The number of rotatable bonds is 3. The SMILES string of the molecule is CC.COC1(CN2CCC(C)CC2)CCN(C)CC1. The Balaban J connectivity index is 0.000000861. The van der Waals surface area contributed by atoms with E-state index in [1.54, 1.807) is 0 Å². The lowest BCUT2D eigenvalue weighted by Gasteiger charge is -2.44. The predicted octanol–water partition coefficient (Wildman–Crippen LogP) is 2.86. The minimum absolute atomic E-state index is 0.132. The van der Waals surface area contributed by atoms with Gasteiger partial charge >= 0.3 is 0 Å². The Morgan fingerprint density at radius 1 is 1.05 bits per heavy atom. The largest absolute Gasteiger partial charge is 0.377 e. The minimum Gasteiger partial charge on any atom is -0.377 e. The van der Waals surface area contributed by atoms with E-state index in [1.807, 2.05) is 21.0 Å². The van der Waals surface area contributed by atoms with Crippen molar-refractivity contribution >= 4 is 0 Å². The molecule has 0 aromatic carbocycles. The van der Waals surface area contributed by atoms with Gasteiger partial charge in [0.1, 0.15) is 0 Å². The summed E-state index contributed by atoms with van der Waals surface area (Å²) in [6.45, 7) is 12.4. The lowest BCUT2D eigenvalue weighted by molar-refractivity contribution is -0.0768. The van der Waals surface area contributed by atoms with Crippen molar-refractivity contribution in [2.24, 2.45) is 5.92 Å². The zero-order valence-electron chi connectivity index (χ0n) is 13.7. The van der Waals surface area contributed by atoms with E-state index in [4.69, 9.17) is 4.74 Å². The van der Waals surface area contributed by atoms with Crippen molar-refractivity contribution in [1.29, 1.82) is 0 Å². The first-order valence-corrected chi connectivity index (χ1v) is 8.10. The Kier molecular flexibility index (Phi) is 7.33. The molecular weight excluding hydrogens is 236 g/mol. The van der Waals surface area contributed by atoms with Crippen LogP contribution in [0.1, 0.15) is 46.5 Å². The summed E-state index contributed by atoms with van der Waals surface area (Å²) in [5, 5.41) is 0. The van der Waals surface area contributed by atoms with E-state index in [1.165, 1.54) is 51.9 Å². The third-order valence-electron chi connectivity index (χ3n) is 4.72. The van der Waals surface area contributed by atoms with Crippen LogP contribution in [0.4, 0.5) is 0 Å². The number of hydrogen-bond acceptors (Lipinski definition) is 3. The molecule has 0 N–H and O–H groups in total. The van der Waals surface area contributed by atoms with E-state index >= 15 is 0 Å². The van der Waals surface area contributed by atoms with Gasteiger partial charge < -0.3 is 14.5 Å². The predicted molar refractivity (Wildman–Crippen MR) is 82.7 cm³/mol. The van der Waals surface area contributed by atoms with Gasteiger partial charge in [0.2, 0.25) is 0 Å². The molecule has 0 bridgehead atoms. The molecular formula is C16H34N2O. The lowest BCUT2D eigenvalue weighted by atomic mass is 9.89. The van der Waals surface area contributed by atoms with Crippen molar-refractivity contribution in [3.8, 4) is 0 Å². The third kappa shape index (κ3) is 5.05. The van der Waals surface area contributed by atoms with Crippen molar-refractivity contribution in [2.75, 3.05) is 46.9 Å². The highest BCUT2D eigenvalue weighted by molar-refractivity contribution is 4.90. The fourth-order valence-electron chi connectivity index (χ4n) is 3.08. The fourth-order valence-corrected chi connectivity index (χ4v) is 3.08. The van der Waals surface area contributed by atoms with Gasteiger partial charge in [-0.25, -0.2) is 0 Å².